The molecule has 2 aliphatic rings. The van der Waals surface area contributed by atoms with E-state index in [-0.39, 0.29) is 5.75 Å². The van der Waals surface area contributed by atoms with Crippen LogP contribution in [-0.4, -0.2) is 57.7 Å². The first-order valence-corrected chi connectivity index (χ1v) is 12.6. The van der Waals surface area contributed by atoms with E-state index < -0.39 is 16.2 Å². The van der Waals surface area contributed by atoms with Crippen LogP contribution in [0.2, 0.25) is 0 Å². The smallest absolute Gasteiger partial charge is 0.214 e. The van der Waals surface area contributed by atoms with Crippen LogP contribution in [0, 0.1) is 6.92 Å². The minimum absolute atomic E-state index is 0.0896. The third-order valence-electron chi connectivity index (χ3n) is 5.59. The number of fused-ring (bicyclic) bond motifs is 1. The summed E-state index contributed by atoms with van der Waals surface area (Å²) in [5, 5.41) is 0. The monoisotopic (exact) mass is 471 g/mol. The van der Waals surface area contributed by atoms with E-state index in [1.54, 1.807) is 13.1 Å². The Balaban J connectivity index is 1.53. The second-order valence-electron chi connectivity index (χ2n) is 8.08. The number of aryl methyl sites for hydroxylation is 1. The van der Waals surface area contributed by atoms with Crippen molar-refractivity contribution >= 4 is 21.3 Å². The summed E-state index contributed by atoms with van der Waals surface area (Å²) in [5.74, 6) is 1.99. The summed E-state index contributed by atoms with van der Waals surface area (Å²) in [6.07, 6.45) is 2.43. The largest absolute Gasteiger partial charge is 0.457 e. The van der Waals surface area contributed by atoms with Crippen molar-refractivity contribution in [3.05, 3.63) is 59.7 Å². The Hall–Kier alpha value is -2.72. The maximum atomic E-state index is 12.2. The van der Waals surface area contributed by atoms with Gasteiger partial charge in [0, 0.05) is 31.9 Å². The van der Waals surface area contributed by atoms with E-state index in [0.717, 1.165) is 28.8 Å². The van der Waals surface area contributed by atoms with Gasteiger partial charge in [0.05, 0.1) is 12.4 Å². The molecule has 1 fully saturated rings. The quantitative estimate of drug-likeness (QED) is 0.378. The van der Waals surface area contributed by atoms with Crippen molar-refractivity contribution in [3.63, 3.8) is 0 Å². The van der Waals surface area contributed by atoms with Gasteiger partial charge in [-0.1, -0.05) is 25.1 Å². The average molecular weight is 472 g/mol. The Kier molecular flexibility index (Phi) is 7.14. The molecule has 0 amide bonds. The molecule has 0 aliphatic carbocycles. The Morgan fingerprint density at radius 3 is 2.64 bits per heavy atom. The number of aliphatic imine (C=N–C) groups is 1. The molecular weight excluding hydrogens is 442 g/mol. The van der Waals surface area contributed by atoms with Crippen LogP contribution >= 0.6 is 0 Å². The Labute approximate surface area is 194 Å². The molecule has 1 N–H and O–H groups in total. The molecule has 0 saturated carbocycles. The van der Waals surface area contributed by atoms with Crippen LogP contribution in [-0.2, 0) is 14.9 Å². The van der Waals surface area contributed by atoms with E-state index >= 15 is 0 Å². The summed E-state index contributed by atoms with van der Waals surface area (Å²) >= 11 is 0. The van der Waals surface area contributed by atoms with Crippen LogP contribution < -0.4 is 14.3 Å². The van der Waals surface area contributed by atoms with E-state index in [1.807, 2.05) is 56.3 Å². The third-order valence-corrected chi connectivity index (χ3v) is 6.89. The maximum Gasteiger partial charge on any atom is 0.214 e. The van der Waals surface area contributed by atoms with Gasteiger partial charge < -0.3 is 9.62 Å². The zero-order valence-corrected chi connectivity index (χ0v) is 19.9. The predicted molar refractivity (Wildman–Crippen MR) is 128 cm³/mol. The van der Waals surface area contributed by atoms with E-state index in [9.17, 15) is 8.42 Å². The van der Waals surface area contributed by atoms with Gasteiger partial charge in [-0.25, -0.2) is 8.42 Å². The second-order valence-corrected chi connectivity index (χ2v) is 9.96. The average Bonchev–Trinajstić information content (AvgIpc) is 2.80. The number of ether oxygens (including phenoxy) is 1. The lowest BCUT2D eigenvalue weighted by Gasteiger charge is -2.40. The van der Waals surface area contributed by atoms with Gasteiger partial charge in [0.15, 0.2) is 5.75 Å². The van der Waals surface area contributed by atoms with Crippen molar-refractivity contribution in [2.45, 2.75) is 26.4 Å². The molecule has 4 rings (SSSR count). The van der Waals surface area contributed by atoms with Gasteiger partial charge in [-0.2, -0.15) is 9.61 Å². The number of sulfonamides is 1. The zero-order chi connectivity index (χ0) is 23.4. The summed E-state index contributed by atoms with van der Waals surface area (Å²) < 4.78 is 33.2. The first-order chi connectivity index (χ1) is 15.9. The Morgan fingerprint density at radius 1 is 1.15 bits per heavy atom. The van der Waals surface area contributed by atoms with Crippen molar-refractivity contribution in [3.8, 4) is 17.2 Å². The highest BCUT2D eigenvalue weighted by atomic mass is 32.2. The van der Waals surface area contributed by atoms with Gasteiger partial charge in [0.2, 0.25) is 10.0 Å². The van der Waals surface area contributed by atoms with Crippen LogP contribution in [0.4, 0.5) is 0 Å². The molecule has 2 aromatic carbocycles. The summed E-state index contributed by atoms with van der Waals surface area (Å²) in [6, 6.07) is 13.2. The zero-order valence-electron chi connectivity index (χ0n) is 19.1. The number of hydrogen-bond acceptors (Lipinski definition) is 7. The number of hydrogen-bond donors (Lipinski definition) is 1. The molecule has 176 valence electrons. The van der Waals surface area contributed by atoms with E-state index in [1.165, 1.54) is 0 Å². The van der Waals surface area contributed by atoms with Gasteiger partial charge >= 0.3 is 0 Å². The first kappa shape index (κ1) is 23.4. The minimum Gasteiger partial charge on any atom is -0.457 e. The topological polar surface area (TPSA) is 89.5 Å². The maximum absolute atomic E-state index is 12.2. The summed E-state index contributed by atoms with van der Waals surface area (Å²) in [6.45, 7) is 5.56. The molecule has 0 aromatic heterocycles. The van der Waals surface area contributed by atoms with Crippen molar-refractivity contribution in [2.75, 3.05) is 32.5 Å². The molecule has 1 saturated heterocycles. The molecule has 0 spiro atoms. The fourth-order valence-corrected chi connectivity index (χ4v) is 4.97. The summed E-state index contributed by atoms with van der Waals surface area (Å²) in [4.78, 5) is 17.0. The molecule has 2 aromatic rings. The first-order valence-electron chi connectivity index (χ1n) is 11.0. The summed E-state index contributed by atoms with van der Waals surface area (Å²) in [7, 11) is -1.55. The fourth-order valence-electron chi connectivity index (χ4n) is 3.76. The molecule has 1 unspecified atom stereocenters. The number of rotatable bonds is 7. The second kappa shape index (κ2) is 10.0. The third kappa shape index (κ3) is 5.62. The van der Waals surface area contributed by atoms with Crippen LogP contribution in [0.1, 0.15) is 24.5 Å². The van der Waals surface area contributed by atoms with Gasteiger partial charge in [0.25, 0.3) is 0 Å². The van der Waals surface area contributed by atoms with Gasteiger partial charge in [0.1, 0.15) is 17.7 Å². The lowest BCUT2D eigenvalue weighted by molar-refractivity contribution is -0.206. The predicted octanol–water partition coefficient (Wildman–Crippen LogP) is 3.54. The molecule has 1 atom stereocenters. The Bertz CT molecular complexity index is 1160. The molecule has 8 nitrogen and oxygen atoms in total. The highest BCUT2D eigenvalue weighted by molar-refractivity contribution is 7.89. The van der Waals surface area contributed by atoms with E-state index in [4.69, 9.17) is 14.5 Å². The molecule has 2 heterocycles. The lowest BCUT2D eigenvalue weighted by atomic mass is 9.97. The SMILES string of the molecule is CCCOOc1cc(Oc2ccc(C3=CC(=NC)CN4CCS(=O)(=O)NC34)cc2)ccc1C. The normalized spacial score (nSPS) is 21.4. The van der Waals surface area contributed by atoms with Gasteiger partial charge in [-0.15, -0.1) is 0 Å². The van der Waals surface area contributed by atoms with Crippen LogP contribution in [0.5, 0.6) is 17.2 Å². The molecule has 33 heavy (non-hydrogen) atoms. The van der Waals surface area contributed by atoms with Crippen molar-refractivity contribution < 1.29 is 22.9 Å². The standard InChI is InChI=1S/C24H29N3O5S/c1-4-12-30-32-23-15-21(8-5-17(23)2)31-20-9-6-18(7-10-20)22-14-19(25-3)16-27-11-13-33(28,29)26-24(22)27/h5-10,14-15,24,26H,4,11-13,16H2,1-3H3. The van der Waals surface area contributed by atoms with Crippen molar-refractivity contribution in [2.24, 2.45) is 4.99 Å². The number of nitrogens with zero attached hydrogens (tertiary/aromatic N) is 2. The fraction of sp³-hybridized carbons (Fsp3) is 0.375. The van der Waals surface area contributed by atoms with E-state index in [0.29, 0.717) is 36.9 Å². The highest BCUT2D eigenvalue weighted by Gasteiger charge is 2.36. The Morgan fingerprint density at radius 2 is 1.91 bits per heavy atom. The van der Waals surface area contributed by atoms with Crippen molar-refractivity contribution in [1.82, 2.24) is 9.62 Å². The minimum atomic E-state index is -3.30. The molecular formula is C24H29N3O5S. The molecule has 2 aliphatic heterocycles. The molecule has 0 radical (unpaired) electrons. The lowest BCUT2D eigenvalue weighted by Crippen LogP contribution is -2.58. The summed E-state index contributed by atoms with van der Waals surface area (Å²) in [5.41, 5.74) is 3.64. The van der Waals surface area contributed by atoms with Crippen LogP contribution in [0.15, 0.2) is 53.5 Å². The number of benzene rings is 2. The number of nitrogens with one attached hydrogen (secondary N) is 1. The highest BCUT2D eigenvalue weighted by Crippen LogP contribution is 2.31. The van der Waals surface area contributed by atoms with E-state index in [2.05, 4.69) is 14.6 Å². The van der Waals surface area contributed by atoms with Crippen LogP contribution in [0.25, 0.3) is 5.57 Å². The molecule has 9 heteroatoms. The van der Waals surface area contributed by atoms with Crippen molar-refractivity contribution in [1.29, 1.82) is 0 Å². The van der Waals surface area contributed by atoms with Crippen LogP contribution in [0.3, 0.4) is 0 Å². The molecule has 0 bridgehead atoms. The van der Waals surface area contributed by atoms with Gasteiger partial charge in [-0.05, 0) is 54.3 Å². The van der Waals surface area contributed by atoms with Gasteiger partial charge in [-0.3, -0.25) is 9.89 Å².